The molecule has 1 saturated carbocycles. The smallest absolute Gasteiger partial charge is 0.246 e. The summed E-state index contributed by atoms with van der Waals surface area (Å²) < 4.78 is 10.9. The molecule has 1 fully saturated rings. The number of ether oxygens (including phenoxy) is 2. The van der Waals surface area contributed by atoms with Crippen molar-refractivity contribution in [1.82, 2.24) is 5.32 Å². The van der Waals surface area contributed by atoms with E-state index < -0.39 is 0 Å². The van der Waals surface area contributed by atoms with Crippen LogP contribution in [-0.2, 0) is 16.1 Å². The summed E-state index contributed by atoms with van der Waals surface area (Å²) in [6, 6.07) is 6.11. The Balaban J connectivity index is 2.01. The maximum absolute atomic E-state index is 11.5. The minimum absolute atomic E-state index is 0.0880. The standard InChI is InChI=1S/C16H23NO3/c1-12-7-8-13(10-17-16(18)11-19-2)15(9-12)20-14-5-3-4-6-14/h7-9,14H,3-6,10-11H2,1-2H3,(H,17,18). The number of rotatable bonds is 6. The second-order valence-electron chi connectivity index (χ2n) is 5.35. The molecule has 4 nitrogen and oxygen atoms in total. The van der Waals surface area contributed by atoms with Gasteiger partial charge in [0.25, 0.3) is 0 Å². The zero-order valence-electron chi connectivity index (χ0n) is 12.3. The van der Waals surface area contributed by atoms with Crippen LogP contribution in [0.5, 0.6) is 5.75 Å². The molecule has 0 heterocycles. The quantitative estimate of drug-likeness (QED) is 0.869. The highest BCUT2D eigenvalue weighted by molar-refractivity contribution is 5.77. The van der Waals surface area contributed by atoms with Gasteiger partial charge in [0, 0.05) is 19.2 Å². The molecule has 0 spiro atoms. The summed E-state index contributed by atoms with van der Waals surface area (Å²) in [6.07, 6.45) is 5.07. The van der Waals surface area contributed by atoms with Crippen LogP contribution in [0.15, 0.2) is 18.2 Å². The minimum atomic E-state index is -0.111. The number of carbonyl (C=O) groups is 1. The molecule has 1 aliphatic carbocycles. The van der Waals surface area contributed by atoms with E-state index in [-0.39, 0.29) is 12.5 Å². The zero-order chi connectivity index (χ0) is 14.4. The fraction of sp³-hybridized carbons (Fsp3) is 0.562. The number of amides is 1. The van der Waals surface area contributed by atoms with E-state index in [2.05, 4.69) is 18.3 Å². The summed E-state index contributed by atoms with van der Waals surface area (Å²) in [5.74, 6) is 0.787. The molecule has 20 heavy (non-hydrogen) atoms. The van der Waals surface area contributed by atoms with Gasteiger partial charge in [-0.25, -0.2) is 0 Å². The van der Waals surface area contributed by atoms with E-state index in [1.54, 1.807) is 0 Å². The fourth-order valence-corrected chi connectivity index (χ4v) is 2.48. The lowest BCUT2D eigenvalue weighted by atomic mass is 10.1. The fourth-order valence-electron chi connectivity index (χ4n) is 2.48. The van der Waals surface area contributed by atoms with Gasteiger partial charge in [-0.3, -0.25) is 4.79 Å². The molecular formula is C16H23NO3. The molecule has 0 unspecified atom stereocenters. The molecular weight excluding hydrogens is 254 g/mol. The molecule has 0 radical (unpaired) electrons. The summed E-state index contributed by atoms with van der Waals surface area (Å²) in [6.45, 7) is 2.62. The average Bonchev–Trinajstić information content (AvgIpc) is 2.91. The van der Waals surface area contributed by atoms with E-state index in [0.717, 1.165) is 24.2 Å². The zero-order valence-corrected chi connectivity index (χ0v) is 12.3. The largest absolute Gasteiger partial charge is 0.490 e. The molecule has 2 rings (SSSR count). The van der Waals surface area contributed by atoms with E-state index in [1.165, 1.54) is 25.5 Å². The molecule has 1 N–H and O–H groups in total. The summed E-state index contributed by atoms with van der Waals surface area (Å²) >= 11 is 0. The van der Waals surface area contributed by atoms with Gasteiger partial charge in [0.05, 0.1) is 6.10 Å². The Morgan fingerprint density at radius 3 is 2.80 bits per heavy atom. The van der Waals surface area contributed by atoms with Gasteiger partial charge in [-0.15, -0.1) is 0 Å². The highest BCUT2D eigenvalue weighted by Gasteiger charge is 2.18. The van der Waals surface area contributed by atoms with Crippen molar-refractivity contribution in [3.63, 3.8) is 0 Å². The average molecular weight is 277 g/mol. The second-order valence-corrected chi connectivity index (χ2v) is 5.35. The molecule has 1 amide bonds. The van der Waals surface area contributed by atoms with Gasteiger partial charge in [0.1, 0.15) is 12.4 Å². The van der Waals surface area contributed by atoms with Crippen LogP contribution in [0.1, 0.15) is 36.8 Å². The molecule has 0 saturated heterocycles. The first-order chi connectivity index (χ1) is 9.69. The first kappa shape index (κ1) is 14.9. The molecule has 1 aromatic carbocycles. The lowest BCUT2D eigenvalue weighted by molar-refractivity contribution is -0.124. The molecule has 110 valence electrons. The molecule has 1 aromatic rings. The Labute approximate surface area is 120 Å². The number of hydrogen-bond acceptors (Lipinski definition) is 3. The first-order valence-corrected chi connectivity index (χ1v) is 7.21. The molecule has 4 heteroatoms. The van der Waals surface area contributed by atoms with Crippen molar-refractivity contribution in [3.05, 3.63) is 29.3 Å². The van der Waals surface area contributed by atoms with Crippen LogP contribution in [0.2, 0.25) is 0 Å². The number of nitrogens with one attached hydrogen (secondary N) is 1. The van der Waals surface area contributed by atoms with Gasteiger partial charge in [0.2, 0.25) is 5.91 Å². The van der Waals surface area contributed by atoms with Gasteiger partial charge >= 0.3 is 0 Å². The van der Waals surface area contributed by atoms with E-state index in [1.807, 2.05) is 12.1 Å². The summed E-state index contributed by atoms with van der Waals surface area (Å²) in [5, 5.41) is 2.84. The Morgan fingerprint density at radius 1 is 1.35 bits per heavy atom. The highest BCUT2D eigenvalue weighted by Crippen LogP contribution is 2.27. The van der Waals surface area contributed by atoms with Crippen molar-refractivity contribution in [3.8, 4) is 5.75 Å². The molecule has 0 atom stereocenters. The van der Waals surface area contributed by atoms with Crippen molar-refractivity contribution >= 4 is 5.91 Å². The number of methoxy groups -OCH3 is 1. The number of carbonyl (C=O) groups excluding carboxylic acids is 1. The lowest BCUT2D eigenvalue weighted by Gasteiger charge is -2.17. The van der Waals surface area contributed by atoms with Gasteiger partial charge in [-0.1, -0.05) is 12.1 Å². The lowest BCUT2D eigenvalue weighted by Crippen LogP contribution is -2.27. The van der Waals surface area contributed by atoms with Crippen molar-refractivity contribution in [2.45, 2.75) is 45.3 Å². The van der Waals surface area contributed by atoms with Gasteiger partial charge in [-0.2, -0.15) is 0 Å². The van der Waals surface area contributed by atoms with Gasteiger partial charge in [0.15, 0.2) is 0 Å². The van der Waals surface area contributed by atoms with Crippen molar-refractivity contribution in [2.24, 2.45) is 0 Å². The first-order valence-electron chi connectivity index (χ1n) is 7.21. The van der Waals surface area contributed by atoms with Crippen molar-refractivity contribution in [1.29, 1.82) is 0 Å². The summed E-state index contributed by atoms with van der Waals surface area (Å²) in [4.78, 5) is 11.5. The molecule has 0 aliphatic heterocycles. The number of aryl methyl sites for hydroxylation is 1. The predicted molar refractivity (Wildman–Crippen MR) is 77.8 cm³/mol. The third-order valence-corrected chi connectivity index (χ3v) is 3.57. The van der Waals surface area contributed by atoms with Crippen LogP contribution in [0.25, 0.3) is 0 Å². The van der Waals surface area contributed by atoms with E-state index in [0.29, 0.717) is 12.6 Å². The van der Waals surface area contributed by atoms with Crippen LogP contribution in [0, 0.1) is 6.92 Å². The maximum atomic E-state index is 11.5. The second kappa shape index (κ2) is 7.29. The highest BCUT2D eigenvalue weighted by atomic mass is 16.5. The topological polar surface area (TPSA) is 47.6 Å². The van der Waals surface area contributed by atoms with Gasteiger partial charge < -0.3 is 14.8 Å². The predicted octanol–water partition coefficient (Wildman–Crippen LogP) is 2.58. The third kappa shape index (κ3) is 4.23. The number of hydrogen-bond donors (Lipinski definition) is 1. The Hall–Kier alpha value is -1.55. The normalized spacial score (nSPS) is 15.3. The van der Waals surface area contributed by atoms with Gasteiger partial charge in [-0.05, 0) is 44.2 Å². The Morgan fingerprint density at radius 2 is 2.10 bits per heavy atom. The SMILES string of the molecule is COCC(=O)NCc1ccc(C)cc1OC1CCCC1. The Kier molecular flexibility index (Phi) is 5.41. The van der Waals surface area contributed by atoms with Crippen LogP contribution >= 0.6 is 0 Å². The van der Waals surface area contributed by atoms with Crippen LogP contribution in [-0.4, -0.2) is 25.7 Å². The van der Waals surface area contributed by atoms with E-state index in [9.17, 15) is 4.79 Å². The van der Waals surface area contributed by atoms with Crippen LogP contribution < -0.4 is 10.1 Å². The van der Waals surface area contributed by atoms with Crippen molar-refractivity contribution in [2.75, 3.05) is 13.7 Å². The van der Waals surface area contributed by atoms with E-state index >= 15 is 0 Å². The maximum Gasteiger partial charge on any atom is 0.246 e. The third-order valence-electron chi connectivity index (χ3n) is 3.57. The molecule has 1 aliphatic rings. The number of benzene rings is 1. The monoisotopic (exact) mass is 277 g/mol. The Bertz CT molecular complexity index is 453. The summed E-state index contributed by atoms with van der Waals surface area (Å²) in [7, 11) is 1.51. The van der Waals surface area contributed by atoms with Crippen molar-refractivity contribution < 1.29 is 14.3 Å². The molecule has 0 bridgehead atoms. The van der Waals surface area contributed by atoms with E-state index in [4.69, 9.17) is 9.47 Å². The van der Waals surface area contributed by atoms with Crippen LogP contribution in [0.3, 0.4) is 0 Å². The summed E-state index contributed by atoms with van der Waals surface area (Å²) in [5.41, 5.74) is 2.19. The van der Waals surface area contributed by atoms with Crippen LogP contribution in [0.4, 0.5) is 0 Å². The minimum Gasteiger partial charge on any atom is -0.490 e. The molecule has 0 aromatic heterocycles.